The summed E-state index contributed by atoms with van der Waals surface area (Å²) < 4.78 is 5.72. The van der Waals surface area contributed by atoms with E-state index < -0.39 is 0 Å². The smallest absolute Gasteiger partial charge is 0.232 e. The zero-order valence-corrected chi connectivity index (χ0v) is 11.7. The van der Waals surface area contributed by atoms with Crippen molar-refractivity contribution in [2.24, 2.45) is 5.92 Å². The molecule has 0 radical (unpaired) electrons. The number of fused-ring (bicyclic) bond motifs is 1. The molecule has 4 nitrogen and oxygen atoms in total. The second kappa shape index (κ2) is 6.66. The Morgan fingerprint density at radius 2 is 1.95 bits per heavy atom. The highest BCUT2D eigenvalue weighted by molar-refractivity contribution is 5.73. The number of benzene rings is 1. The van der Waals surface area contributed by atoms with E-state index in [1.807, 2.05) is 24.3 Å². The minimum atomic E-state index is 0.633. The minimum absolute atomic E-state index is 0.633. The summed E-state index contributed by atoms with van der Waals surface area (Å²) in [5, 5.41) is 3.40. The maximum atomic E-state index is 5.72. The fraction of sp³-hybridized carbons (Fsp3) is 0.500. The molecule has 1 saturated heterocycles. The van der Waals surface area contributed by atoms with Gasteiger partial charge in [-0.3, -0.25) is 0 Å². The van der Waals surface area contributed by atoms with E-state index in [9.17, 15) is 0 Å². The number of piperidine rings is 1. The molecule has 2 aromatic rings. The van der Waals surface area contributed by atoms with Gasteiger partial charge < -0.3 is 10.1 Å². The summed E-state index contributed by atoms with van der Waals surface area (Å²) in [6.45, 7) is 3.07. The third-order valence-electron chi connectivity index (χ3n) is 3.89. The Hall–Kier alpha value is -1.68. The first-order valence-corrected chi connectivity index (χ1v) is 7.47. The quantitative estimate of drug-likeness (QED) is 0.849. The number of ether oxygens (including phenoxy) is 1. The average Bonchev–Trinajstić information content (AvgIpc) is 2.52. The number of hydrogen-bond donors (Lipinski definition) is 1. The van der Waals surface area contributed by atoms with E-state index in [4.69, 9.17) is 4.74 Å². The van der Waals surface area contributed by atoms with Crippen molar-refractivity contribution in [3.05, 3.63) is 30.5 Å². The van der Waals surface area contributed by atoms with Crippen LogP contribution in [0.25, 0.3) is 11.0 Å². The molecule has 20 heavy (non-hydrogen) atoms. The summed E-state index contributed by atoms with van der Waals surface area (Å²) in [6, 6.07) is 7.86. The number of nitrogens with one attached hydrogen (secondary N) is 1. The summed E-state index contributed by atoms with van der Waals surface area (Å²) in [6.07, 6.45) is 6.67. The Kier molecular flexibility index (Phi) is 4.43. The number of hydrogen-bond acceptors (Lipinski definition) is 4. The average molecular weight is 271 g/mol. The van der Waals surface area contributed by atoms with Gasteiger partial charge in [0, 0.05) is 0 Å². The molecule has 0 atom stereocenters. The highest BCUT2D eigenvalue weighted by Crippen LogP contribution is 2.18. The second-order valence-corrected chi connectivity index (χ2v) is 5.38. The van der Waals surface area contributed by atoms with Gasteiger partial charge in [0.25, 0.3) is 0 Å². The molecule has 0 unspecified atom stereocenters. The first-order valence-electron chi connectivity index (χ1n) is 7.47. The SMILES string of the molecule is c1ccc2nc(OCCCC3CCNCC3)cnc2c1. The van der Waals surface area contributed by atoms with Crippen molar-refractivity contribution in [1.82, 2.24) is 15.3 Å². The third kappa shape index (κ3) is 3.45. The topological polar surface area (TPSA) is 47.0 Å². The van der Waals surface area contributed by atoms with Gasteiger partial charge in [-0.05, 0) is 56.8 Å². The van der Waals surface area contributed by atoms with Crippen LogP contribution in [0.5, 0.6) is 5.88 Å². The van der Waals surface area contributed by atoms with Crippen molar-refractivity contribution in [3.63, 3.8) is 0 Å². The van der Waals surface area contributed by atoms with Gasteiger partial charge in [-0.1, -0.05) is 12.1 Å². The van der Waals surface area contributed by atoms with E-state index in [-0.39, 0.29) is 0 Å². The van der Waals surface area contributed by atoms with Crippen LogP contribution >= 0.6 is 0 Å². The first kappa shape index (κ1) is 13.3. The maximum Gasteiger partial charge on any atom is 0.232 e. The Morgan fingerprint density at radius 3 is 2.80 bits per heavy atom. The van der Waals surface area contributed by atoms with E-state index in [1.54, 1.807) is 6.20 Å². The molecule has 106 valence electrons. The van der Waals surface area contributed by atoms with Crippen LogP contribution in [-0.4, -0.2) is 29.7 Å². The minimum Gasteiger partial charge on any atom is -0.477 e. The van der Waals surface area contributed by atoms with Crippen molar-refractivity contribution < 1.29 is 4.74 Å². The van der Waals surface area contributed by atoms with E-state index in [0.29, 0.717) is 5.88 Å². The third-order valence-corrected chi connectivity index (χ3v) is 3.89. The van der Waals surface area contributed by atoms with Crippen LogP contribution in [0.3, 0.4) is 0 Å². The van der Waals surface area contributed by atoms with Crippen molar-refractivity contribution in [3.8, 4) is 5.88 Å². The lowest BCUT2D eigenvalue weighted by Crippen LogP contribution is -2.27. The second-order valence-electron chi connectivity index (χ2n) is 5.38. The molecule has 1 aliphatic heterocycles. The predicted octanol–water partition coefficient (Wildman–Crippen LogP) is 2.79. The Balaban J connectivity index is 1.47. The number of nitrogens with zero attached hydrogens (tertiary/aromatic N) is 2. The Labute approximate surface area is 119 Å². The number of aromatic nitrogens is 2. The monoisotopic (exact) mass is 271 g/mol. The molecule has 3 rings (SSSR count). The van der Waals surface area contributed by atoms with Crippen molar-refractivity contribution >= 4 is 11.0 Å². The predicted molar refractivity (Wildman–Crippen MR) is 79.9 cm³/mol. The van der Waals surface area contributed by atoms with Crippen molar-refractivity contribution in [1.29, 1.82) is 0 Å². The van der Waals surface area contributed by atoms with E-state index in [2.05, 4.69) is 15.3 Å². The van der Waals surface area contributed by atoms with Crippen molar-refractivity contribution in [2.45, 2.75) is 25.7 Å². The summed E-state index contributed by atoms with van der Waals surface area (Å²) in [4.78, 5) is 8.82. The van der Waals surface area contributed by atoms with E-state index in [0.717, 1.165) is 30.0 Å². The molecule has 2 heterocycles. The van der Waals surface area contributed by atoms with Gasteiger partial charge in [-0.2, -0.15) is 0 Å². The van der Waals surface area contributed by atoms with Gasteiger partial charge in [0.15, 0.2) is 0 Å². The summed E-state index contributed by atoms with van der Waals surface area (Å²) in [5.74, 6) is 1.50. The molecule has 0 aliphatic carbocycles. The van der Waals surface area contributed by atoms with Gasteiger partial charge in [-0.15, -0.1) is 0 Å². The number of rotatable bonds is 5. The molecule has 0 bridgehead atoms. The Morgan fingerprint density at radius 1 is 1.15 bits per heavy atom. The fourth-order valence-electron chi connectivity index (χ4n) is 2.73. The first-order chi connectivity index (χ1) is 9.92. The summed E-state index contributed by atoms with van der Waals surface area (Å²) in [5.41, 5.74) is 1.80. The zero-order valence-electron chi connectivity index (χ0n) is 11.7. The van der Waals surface area contributed by atoms with Crippen molar-refractivity contribution in [2.75, 3.05) is 19.7 Å². The Bertz CT molecular complexity index is 552. The van der Waals surface area contributed by atoms with Gasteiger partial charge in [0.1, 0.15) is 0 Å². The van der Waals surface area contributed by atoms with Crippen LogP contribution in [-0.2, 0) is 0 Å². The molecule has 0 spiro atoms. The van der Waals surface area contributed by atoms with Gasteiger partial charge in [0.2, 0.25) is 5.88 Å². The van der Waals surface area contributed by atoms with Crippen LogP contribution in [0.2, 0.25) is 0 Å². The lowest BCUT2D eigenvalue weighted by molar-refractivity contribution is 0.266. The molecule has 1 aromatic heterocycles. The van der Waals surface area contributed by atoms with E-state index >= 15 is 0 Å². The van der Waals surface area contributed by atoms with Gasteiger partial charge >= 0.3 is 0 Å². The molecule has 1 fully saturated rings. The van der Waals surface area contributed by atoms with E-state index in [1.165, 1.54) is 32.4 Å². The fourth-order valence-corrected chi connectivity index (χ4v) is 2.73. The van der Waals surface area contributed by atoms with Gasteiger partial charge in [0.05, 0.1) is 23.8 Å². The highest BCUT2D eigenvalue weighted by atomic mass is 16.5. The number of para-hydroxylation sites is 2. The molecule has 0 amide bonds. The molecule has 1 N–H and O–H groups in total. The highest BCUT2D eigenvalue weighted by Gasteiger charge is 2.12. The van der Waals surface area contributed by atoms with Crippen LogP contribution in [0.4, 0.5) is 0 Å². The largest absolute Gasteiger partial charge is 0.477 e. The molecule has 4 heteroatoms. The maximum absolute atomic E-state index is 5.72. The van der Waals surface area contributed by atoms with Crippen LogP contribution in [0.15, 0.2) is 30.5 Å². The molecular formula is C16H21N3O. The van der Waals surface area contributed by atoms with Crippen LogP contribution < -0.4 is 10.1 Å². The molecular weight excluding hydrogens is 250 g/mol. The summed E-state index contributed by atoms with van der Waals surface area (Å²) >= 11 is 0. The molecule has 1 aromatic carbocycles. The summed E-state index contributed by atoms with van der Waals surface area (Å²) in [7, 11) is 0. The lowest BCUT2D eigenvalue weighted by atomic mass is 9.93. The van der Waals surface area contributed by atoms with Crippen LogP contribution in [0.1, 0.15) is 25.7 Å². The zero-order chi connectivity index (χ0) is 13.6. The van der Waals surface area contributed by atoms with Crippen LogP contribution in [0, 0.1) is 5.92 Å². The lowest BCUT2D eigenvalue weighted by Gasteiger charge is -2.22. The normalized spacial score (nSPS) is 16.4. The molecule has 0 saturated carbocycles. The standard InChI is InChI=1S/C16H21N3O/c1-2-6-15-14(5-1)18-12-16(19-15)20-11-3-4-13-7-9-17-10-8-13/h1-2,5-6,12-13,17H,3-4,7-11H2. The molecule has 1 aliphatic rings. The van der Waals surface area contributed by atoms with Gasteiger partial charge in [-0.25, -0.2) is 9.97 Å².